The summed E-state index contributed by atoms with van der Waals surface area (Å²) in [6.07, 6.45) is 0. The van der Waals surface area contributed by atoms with Crippen molar-refractivity contribution >= 4 is 72.8 Å². The summed E-state index contributed by atoms with van der Waals surface area (Å²) < 4.78 is 34.4. The second-order valence-corrected chi connectivity index (χ2v) is 9.31. The van der Waals surface area contributed by atoms with E-state index in [1.807, 2.05) is 0 Å². The molecule has 2 aromatic heterocycles. The molecule has 5 N–H and O–H groups in total. The lowest BCUT2D eigenvalue weighted by Gasteiger charge is -2.13. The fourth-order valence-electron chi connectivity index (χ4n) is 3.89. The number of aromatic nitrogens is 2. The van der Waals surface area contributed by atoms with Crippen LogP contribution in [0.25, 0.3) is 27.5 Å². The number of hydrogen-bond donors (Lipinski definition) is 4. The number of pyridine rings is 1. The number of fused-ring (bicyclic) bond motifs is 4. The van der Waals surface area contributed by atoms with Crippen molar-refractivity contribution in [2.45, 2.75) is 4.90 Å². The summed E-state index contributed by atoms with van der Waals surface area (Å²) >= 11 is 12.3. The number of anilines is 1. The number of H-pyrrole nitrogens is 1. The van der Waals surface area contributed by atoms with Gasteiger partial charge in [-0.2, -0.15) is 8.42 Å². The zero-order valence-electron chi connectivity index (χ0n) is 15.6. The van der Waals surface area contributed by atoms with Gasteiger partial charge in [0.15, 0.2) is 0 Å². The van der Waals surface area contributed by atoms with E-state index in [0.29, 0.717) is 10.8 Å². The molecule has 0 atom stereocenters. The van der Waals surface area contributed by atoms with Crippen LogP contribution in [0.4, 0.5) is 5.82 Å². The number of carbonyl (C=O) groups is 2. The maximum Gasteiger partial charge on any atom is 0.296 e. The van der Waals surface area contributed by atoms with Crippen LogP contribution in [0.5, 0.6) is 0 Å². The lowest BCUT2D eigenvalue weighted by Crippen LogP contribution is -2.24. The second-order valence-electron chi connectivity index (χ2n) is 7.05. The van der Waals surface area contributed by atoms with Crippen molar-refractivity contribution in [3.05, 3.63) is 61.9 Å². The first kappa shape index (κ1) is 20.5. The van der Waals surface area contributed by atoms with Crippen molar-refractivity contribution in [1.29, 1.82) is 0 Å². The number of nitrogens with zero attached hydrogens (tertiary/aromatic N) is 1. The van der Waals surface area contributed by atoms with Crippen LogP contribution in [-0.2, 0) is 10.1 Å². The van der Waals surface area contributed by atoms with Crippen LogP contribution in [0, 0.1) is 0 Å². The molecular weight excluding hydrogens is 483 g/mol. The Bertz CT molecular complexity index is 1720. The van der Waals surface area contributed by atoms with Gasteiger partial charge in [-0.1, -0.05) is 23.2 Å². The second kappa shape index (κ2) is 6.56. The maximum atomic E-state index is 12.9. The highest BCUT2D eigenvalue weighted by Gasteiger charge is 2.32. The first-order chi connectivity index (χ1) is 15.0. The summed E-state index contributed by atoms with van der Waals surface area (Å²) in [4.78, 5) is 39.4. The molecule has 0 aliphatic carbocycles. The Morgan fingerprint density at radius 2 is 1.53 bits per heavy atom. The Balaban J connectivity index is 1.95. The number of hydrogen-bond acceptors (Lipinski definition) is 6. The predicted molar refractivity (Wildman–Crippen MR) is 117 cm³/mol. The molecule has 0 radical (unpaired) electrons. The highest BCUT2D eigenvalue weighted by Crippen LogP contribution is 2.37. The summed E-state index contributed by atoms with van der Waals surface area (Å²) in [6.45, 7) is 0. The van der Waals surface area contributed by atoms with Gasteiger partial charge >= 0.3 is 0 Å². The number of aromatic amines is 1. The van der Waals surface area contributed by atoms with Crippen LogP contribution in [0.15, 0.2) is 40.0 Å². The molecule has 0 fully saturated rings. The SMILES string of the molecule is Nc1c2c(cc(=O)n1-c1cc(Cl)cc3c1[nH]c1c(S(=O)(=O)O)cc(Cl)cc13)C(=O)NC2=O. The van der Waals surface area contributed by atoms with Gasteiger partial charge in [0.05, 0.1) is 27.8 Å². The van der Waals surface area contributed by atoms with Gasteiger partial charge < -0.3 is 10.7 Å². The Morgan fingerprint density at radius 3 is 2.19 bits per heavy atom. The fourth-order valence-corrected chi connectivity index (χ4v) is 5.08. The predicted octanol–water partition coefficient (Wildman–Crippen LogP) is 2.49. The average molecular weight is 493 g/mol. The number of carbonyl (C=O) groups excluding carboxylic acids is 2. The van der Waals surface area contributed by atoms with E-state index >= 15 is 0 Å². The number of nitrogens with one attached hydrogen (secondary N) is 2. The topological polar surface area (TPSA) is 164 Å². The largest absolute Gasteiger partial charge is 0.384 e. The van der Waals surface area contributed by atoms with E-state index in [4.69, 9.17) is 28.9 Å². The van der Waals surface area contributed by atoms with Gasteiger partial charge in [0, 0.05) is 26.9 Å². The monoisotopic (exact) mass is 492 g/mol. The Hall–Kier alpha value is -3.38. The van der Waals surface area contributed by atoms with Crippen molar-refractivity contribution in [2.24, 2.45) is 0 Å². The van der Waals surface area contributed by atoms with E-state index < -0.39 is 32.4 Å². The quantitative estimate of drug-likeness (QED) is 0.246. The lowest BCUT2D eigenvalue weighted by atomic mass is 10.1. The van der Waals surface area contributed by atoms with Crippen molar-refractivity contribution in [1.82, 2.24) is 14.9 Å². The number of nitrogen functional groups attached to an aromatic ring is 1. The zero-order valence-corrected chi connectivity index (χ0v) is 17.9. The first-order valence-corrected chi connectivity index (χ1v) is 11.0. The maximum absolute atomic E-state index is 12.9. The number of benzene rings is 2. The van der Waals surface area contributed by atoms with Gasteiger partial charge in [-0.25, -0.2) is 0 Å². The molecule has 2 amide bonds. The molecule has 0 saturated carbocycles. The first-order valence-electron chi connectivity index (χ1n) is 8.81. The minimum atomic E-state index is -4.66. The molecular formula is C19H10Cl2N4O6S. The molecule has 0 saturated heterocycles. The zero-order chi connectivity index (χ0) is 23.1. The standard InChI is InChI=1S/C19H10Cl2N4O6S/c20-6-1-8-9-2-7(21)4-12(32(29,30)31)16(9)23-15(8)11(3-6)25-13(26)5-10-14(17(25)22)19(28)24-18(10)27/h1-5,23H,22H2,(H,24,27,28)(H,29,30,31). The molecule has 2 aromatic carbocycles. The average Bonchev–Trinajstić information content (AvgIpc) is 3.17. The highest BCUT2D eigenvalue weighted by atomic mass is 35.5. The Morgan fingerprint density at radius 1 is 0.906 bits per heavy atom. The van der Waals surface area contributed by atoms with Gasteiger partial charge in [0.25, 0.3) is 27.5 Å². The molecule has 1 aliphatic heterocycles. The summed E-state index contributed by atoms with van der Waals surface area (Å²) in [7, 11) is -4.66. The lowest BCUT2D eigenvalue weighted by molar-refractivity contribution is 0.0880. The Labute approximate surface area is 188 Å². The molecule has 4 aromatic rings. The van der Waals surface area contributed by atoms with Crippen LogP contribution >= 0.6 is 23.2 Å². The van der Waals surface area contributed by atoms with Gasteiger partial charge in [-0.05, 0) is 24.3 Å². The smallest absolute Gasteiger partial charge is 0.296 e. The van der Waals surface area contributed by atoms with Crippen LogP contribution in [0.2, 0.25) is 10.0 Å². The Kier molecular flexibility index (Phi) is 4.21. The highest BCUT2D eigenvalue weighted by molar-refractivity contribution is 7.86. The summed E-state index contributed by atoms with van der Waals surface area (Å²) in [5, 5.41) is 2.96. The van der Waals surface area contributed by atoms with Gasteiger partial charge in [0.1, 0.15) is 10.7 Å². The molecule has 5 rings (SSSR count). The number of amides is 2. The van der Waals surface area contributed by atoms with E-state index in [1.165, 1.54) is 18.2 Å². The number of nitrogens with two attached hydrogens (primary N) is 1. The third kappa shape index (κ3) is 2.83. The molecule has 3 heterocycles. The third-order valence-electron chi connectivity index (χ3n) is 5.16. The normalized spacial score (nSPS) is 13.7. The molecule has 0 bridgehead atoms. The van der Waals surface area contributed by atoms with Crippen molar-refractivity contribution in [3.63, 3.8) is 0 Å². The van der Waals surface area contributed by atoms with Crippen molar-refractivity contribution in [2.75, 3.05) is 5.73 Å². The molecule has 32 heavy (non-hydrogen) atoms. The number of rotatable bonds is 2. The summed E-state index contributed by atoms with van der Waals surface area (Å²) in [5.74, 6) is -1.80. The number of imide groups is 1. The number of halogens is 2. The molecule has 0 unspecified atom stereocenters. The van der Waals surface area contributed by atoms with Crippen LogP contribution in [0.3, 0.4) is 0 Å². The van der Waals surface area contributed by atoms with Crippen LogP contribution < -0.4 is 16.6 Å². The minimum Gasteiger partial charge on any atom is -0.384 e. The molecule has 13 heteroatoms. The van der Waals surface area contributed by atoms with E-state index in [-0.39, 0.29) is 43.7 Å². The molecule has 0 spiro atoms. The third-order valence-corrected chi connectivity index (χ3v) is 6.48. The summed E-state index contributed by atoms with van der Waals surface area (Å²) in [6, 6.07) is 6.40. The van der Waals surface area contributed by atoms with Crippen LogP contribution in [-0.4, -0.2) is 34.3 Å². The van der Waals surface area contributed by atoms with Gasteiger partial charge in [0.2, 0.25) is 0 Å². The molecule has 1 aliphatic rings. The van der Waals surface area contributed by atoms with E-state index in [2.05, 4.69) is 10.3 Å². The fraction of sp³-hybridized carbons (Fsp3) is 0. The van der Waals surface area contributed by atoms with Gasteiger partial charge in [-0.3, -0.25) is 28.8 Å². The van der Waals surface area contributed by atoms with E-state index in [1.54, 1.807) is 0 Å². The minimum absolute atomic E-state index is 0.0242. The van der Waals surface area contributed by atoms with Crippen molar-refractivity contribution < 1.29 is 22.6 Å². The molecule has 10 nitrogen and oxygen atoms in total. The van der Waals surface area contributed by atoms with Gasteiger partial charge in [-0.15, -0.1) is 0 Å². The van der Waals surface area contributed by atoms with E-state index in [9.17, 15) is 27.4 Å². The van der Waals surface area contributed by atoms with Crippen LogP contribution in [0.1, 0.15) is 20.7 Å². The van der Waals surface area contributed by atoms with Crippen molar-refractivity contribution in [3.8, 4) is 5.69 Å². The summed E-state index contributed by atoms with van der Waals surface area (Å²) in [5.41, 5.74) is 5.43. The molecule has 162 valence electrons. The van der Waals surface area contributed by atoms with E-state index in [0.717, 1.165) is 16.7 Å².